The molecule has 3 rings (SSSR count). The first-order chi connectivity index (χ1) is 12.1. The molecule has 6 nitrogen and oxygen atoms in total. The average molecular weight is 346 g/mol. The van der Waals surface area contributed by atoms with E-state index in [0.29, 0.717) is 26.2 Å². The van der Waals surface area contributed by atoms with Crippen molar-refractivity contribution in [3.05, 3.63) is 35.9 Å². The van der Waals surface area contributed by atoms with Gasteiger partial charge in [-0.3, -0.25) is 9.69 Å². The summed E-state index contributed by atoms with van der Waals surface area (Å²) in [7, 11) is 0. The van der Waals surface area contributed by atoms with E-state index in [1.807, 2.05) is 35.2 Å². The number of carbonyl (C=O) groups is 2. The maximum atomic E-state index is 12.2. The minimum absolute atomic E-state index is 0.245. The van der Waals surface area contributed by atoms with E-state index in [9.17, 15) is 14.7 Å². The Kier molecular flexibility index (Phi) is 5.91. The normalized spacial score (nSPS) is 20.4. The smallest absolute Gasteiger partial charge is 0.410 e. The van der Waals surface area contributed by atoms with Gasteiger partial charge in [-0.1, -0.05) is 43.2 Å². The molecule has 1 aromatic carbocycles. The molecular weight excluding hydrogens is 320 g/mol. The number of hydrogen-bond donors (Lipinski definition) is 1. The van der Waals surface area contributed by atoms with E-state index in [1.165, 1.54) is 0 Å². The number of rotatable bonds is 5. The topological polar surface area (TPSA) is 70.1 Å². The molecule has 0 bridgehead atoms. The van der Waals surface area contributed by atoms with Crippen molar-refractivity contribution in [3.8, 4) is 0 Å². The lowest BCUT2D eigenvalue weighted by molar-refractivity contribution is -0.146. The van der Waals surface area contributed by atoms with Crippen LogP contribution < -0.4 is 0 Å². The van der Waals surface area contributed by atoms with Crippen LogP contribution >= 0.6 is 0 Å². The molecule has 1 N–H and O–H groups in total. The van der Waals surface area contributed by atoms with Crippen LogP contribution in [0.4, 0.5) is 4.79 Å². The largest absolute Gasteiger partial charge is 0.480 e. The maximum absolute atomic E-state index is 12.2. The van der Waals surface area contributed by atoms with Crippen LogP contribution in [-0.4, -0.2) is 59.2 Å². The molecule has 25 heavy (non-hydrogen) atoms. The van der Waals surface area contributed by atoms with E-state index >= 15 is 0 Å². The lowest BCUT2D eigenvalue weighted by Gasteiger charge is -2.39. The van der Waals surface area contributed by atoms with Crippen LogP contribution in [0.15, 0.2) is 30.3 Å². The summed E-state index contributed by atoms with van der Waals surface area (Å²) in [6.07, 6.45) is 3.92. The highest BCUT2D eigenvalue weighted by Gasteiger charge is 2.37. The van der Waals surface area contributed by atoms with Gasteiger partial charge in [-0.2, -0.15) is 0 Å². The molecule has 2 aliphatic rings. The van der Waals surface area contributed by atoms with Crippen LogP contribution in [0.25, 0.3) is 0 Å². The van der Waals surface area contributed by atoms with Crippen LogP contribution in [0, 0.1) is 5.92 Å². The van der Waals surface area contributed by atoms with E-state index < -0.39 is 12.0 Å². The van der Waals surface area contributed by atoms with E-state index in [2.05, 4.69) is 0 Å². The highest BCUT2D eigenvalue weighted by atomic mass is 16.6. The number of nitrogens with zero attached hydrogens (tertiary/aromatic N) is 2. The van der Waals surface area contributed by atoms with E-state index in [-0.39, 0.29) is 18.6 Å². The number of carbonyl (C=O) groups excluding carboxylic acids is 1. The van der Waals surface area contributed by atoms with Crippen molar-refractivity contribution < 1.29 is 19.4 Å². The van der Waals surface area contributed by atoms with Crippen molar-refractivity contribution in [3.63, 3.8) is 0 Å². The SMILES string of the molecule is O=C(O)C(C1CCCC1)N1CCN(C(=O)OCc2ccccc2)CC1. The van der Waals surface area contributed by atoms with Gasteiger partial charge in [0.15, 0.2) is 0 Å². The zero-order chi connectivity index (χ0) is 17.6. The zero-order valence-corrected chi connectivity index (χ0v) is 14.5. The summed E-state index contributed by atoms with van der Waals surface area (Å²) in [6.45, 7) is 2.48. The molecule has 0 spiro atoms. The Morgan fingerprint density at radius 2 is 1.72 bits per heavy atom. The number of ether oxygens (including phenoxy) is 1. The standard InChI is InChI=1S/C19H26N2O4/c22-18(23)17(16-8-4-5-9-16)20-10-12-21(13-11-20)19(24)25-14-15-6-2-1-3-7-15/h1-3,6-7,16-17H,4-5,8-14H2,(H,22,23). The molecule has 1 heterocycles. The predicted octanol–water partition coefficient (Wildman–Crippen LogP) is 2.58. The van der Waals surface area contributed by atoms with Crippen LogP contribution in [0.3, 0.4) is 0 Å². The molecule has 2 fully saturated rings. The fourth-order valence-corrected chi connectivity index (χ4v) is 3.92. The van der Waals surface area contributed by atoms with Gasteiger partial charge in [-0.25, -0.2) is 4.79 Å². The van der Waals surface area contributed by atoms with Crippen molar-refractivity contribution >= 4 is 12.1 Å². The summed E-state index contributed by atoms with van der Waals surface area (Å²) in [5.74, 6) is -0.485. The Bertz CT molecular complexity index is 578. The number of aliphatic carboxylic acids is 1. The average Bonchev–Trinajstić information content (AvgIpc) is 3.15. The third kappa shape index (κ3) is 4.51. The summed E-state index contributed by atoms with van der Waals surface area (Å²) in [5.41, 5.74) is 0.960. The Labute approximate surface area is 148 Å². The van der Waals surface area contributed by atoms with Gasteiger partial charge >= 0.3 is 12.1 Å². The van der Waals surface area contributed by atoms with Gasteiger partial charge < -0.3 is 14.7 Å². The van der Waals surface area contributed by atoms with Gasteiger partial charge in [0, 0.05) is 26.2 Å². The highest BCUT2D eigenvalue weighted by molar-refractivity contribution is 5.74. The lowest BCUT2D eigenvalue weighted by Crippen LogP contribution is -2.55. The molecule has 1 aromatic rings. The molecule has 136 valence electrons. The van der Waals surface area contributed by atoms with Crippen LogP contribution in [0.5, 0.6) is 0 Å². The van der Waals surface area contributed by atoms with Gasteiger partial charge in [0.1, 0.15) is 12.6 Å². The second-order valence-corrected chi connectivity index (χ2v) is 6.89. The Balaban J connectivity index is 1.48. The van der Waals surface area contributed by atoms with Crippen molar-refractivity contribution in [2.24, 2.45) is 5.92 Å². The molecule has 0 radical (unpaired) electrons. The fraction of sp³-hybridized carbons (Fsp3) is 0.579. The summed E-state index contributed by atoms with van der Waals surface area (Å²) in [5, 5.41) is 9.62. The van der Waals surface area contributed by atoms with Gasteiger partial charge in [-0.15, -0.1) is 0 Å². The van der Waals surface area contributed by atoms with Crippen molar-refractivity contribution in [1.29, 1.82) is 0 Å². The predicted molar refractivity (Wildman–Crippen MR) is 93.2 cm³/mol. The van der Waals surface area contributed by atoms with E-state index in [1.54, 1.807) is 4.90 Å². The van der Waals surface area contributed by atoms with Crippen LogP contribution in [0.1, 0.15) is 31.2 Å². The van der Waals surface area contributed by atoms with Crippen molar-refractivity contribution in [2.45, 2.75) is 38.3 Å². The molecule has 1 saturated heterocycles. The second kappa shape index (κ2) is 8.34. The molecule has 1 unspecified atom stereocenters. The van der Waals surface area contributed by atoms with Crippen molar-refractivity contribution in [2.75, 3.05) is 26.2 Å². The summed E-state index contributed by atoms with van der Waals surface area (Å²) < 4.78 is 5.36. The molecule has 6 heteroatoms. The third-order valence-corrected chi connectivity index (χ3v) is 5.27. The fourth-order valence-electron chi connectivity index (χ4n) is 3.92. The molecular formula is C19H26N2O4. The molecule has 1 aliphatic heterocycles. The monoisotopic (exact) mass is 346 g/mol. The number of piperazine rings is 1. The Morgan fingerprint density at radius 1 is 1.08 bits per heavy atom. The first-order valence-corrected chi connectivity index (χ1v) is 9.07. The summed E-state index contributed by atoms with van der Waals surface area (Å²) in [6, 6.07) is 9.18. The summed E-state index contributed by atoms with van der Waals surface area (Å²) >= 11 is 0. The maximum Gasteiger partial charge on any atom is 0.410 e. The van der Waals surface area contributed by atoms with E-state index in [4.69, 9.17) is 4.74 Å². The molecule has 1 aliphatic carbocycles. The number of hydrogen-bond acceptors (Lipinski definition) is 4. The first kappa shape index (κ1) is 17.7. The van der Waals surface area contributed by atoms with Gasteiger partial charge in [0.2, 0.25) is 0 Å². The molecule has 1 atom stereocenters. The van der Waals surface area contributed by atoms with Crippen LogP contribution in [0.2, 0.25) is 0 Å². The number of carboxylic acids is 1. The molecule has 1 saturated carbocycles. The lowest BCUT2D eigenvalue weighted by atomic mass is 9.96. The zero-order valence-electron chi connectivity index (χ0n) is 14.5. The van der Waals surface area contributed by atoms with Gasteiger partial charge in [-0.05, 0) is 24.3 Å². The number of carboxylic acid groups (broad SMARTS) is 1. The molecule has 0 aromatic heterocycles. The second-order valence-electron chi connectivity index (χ2n) is 6.89. The number of amides is 1. The third-order valence-electron chi connectivity index (χ3n) is 5.27. The van der Waals surface area contributed by atoms with E-state index in [0.717, 1.165) is 31.2 Å². The Hall–Kier alpha value is -2.08. The van der Waals surface area contributed by atoms with Gasteiger partial charge in [0.05, 0.1) is 0 Å². The first-order valence-electron chi connectivity index (χ1n) is 9.07. The highest BCUT2D eigenvalue weighted by Crippen LogP contribution is 2.31. The Morgan fingerprint density at radius 3 is 2.32 bits per heavy atom. The van der Waals surface area contributed by atoms with Crippen LogP contribution in [-0.2, 0) is 16.1 Å². The minimum Gasteiger partial charge on any atom is -0.480 e. The number of benzene rings is 1. The molecule has 1 amide bonds. The summed E-state index contributed by atoms with van der Waals surface area (Å²) in [4.78, 5) is 27.6. The quantitative estimate of drug-likeness (QED) is 0.887. The minimum atomic E-state index is -0.730. The van der Waals surface area contributed by atoms with Gasteiger partial charge in [0.25, 0.3) is 0 Å². The van der Waals surface area contributed by atoms with Crippen molar-refractivity contribution in [1.82, 2.24) is 9.80 Å².